The van der Waals surface area contributed by atoms with Crippen molar-refractivity contribution in [2.75, 3.05) is 36.8 Å². The second-order valence-corrected chi connectivity index (χ2v) is 8.06. The molecule has 1 unspecified atom stereocenters. The van der Waals surface area contributed by atoms with E-state index >= 15 is 0 Å². The number of carbonyl (C=O) groups excluding carboxylic acids is 2. The first-order chi connectivity index (χ1) is 17.0. The van der Waals surface area contributed by atoms with Crippen LogP contribution in [-0.4, -0.2) is 43.0 Å². The Morgan fingerprint density at radius 2 is 1.74 bits per heavy atom. The second kappa shape index (κ2) is 13.5. The van der Waals surface area contributed by atoms with Gasteiger partial charge in [-0.3, -0.25) is 9.59 Å². The number of hydrogen-bond donors (Lipinski definition) is 4. The molecule has 0 radical (unpaired) electrons. The van der Waals surface area contributed by atoms with E-state index in [4.69, 9.17) is 5.26 Å². The van der Waals surface area contributed by atoms with Crippen LogP contribution in [0.25, 0.3) is 0 Å². The fraction of sp³-hybridized carbons (Fsp3) is 0.259. The largest absolute Gasteiger partial charge is 0.382 e. The zero-order valence-corrected chi connectivity index (χ0v) is 19.8. The molecule has 0 spiro atoms. The molecule has 0 aliphatic rings. The van der Waals surface area contributed by atoms with E-state index in [1.165, 1.54) is 6.92 Å². The summed E-state index contributed by atoms with van der Waals surface area (Å²) in [5.41, 5.74) is 3.50. The van der Waals surface area contributed by atoms with Gasteiger partial charge in [-0.2, -0.15) is 5.26 Å². The van der Waals surface area contributed by atoms with Gasteiger partial charge in [-0.25, -0.2) is 4.98 Å². The van der Waals surface area contributed by atoms with Gasteiger partial charge in [-0.15, -0.1) is 0 Å². The summed E-state index contributed by atoms with van der Waals surface area (Å²) < 4.78 is 0. The molecule has 8 nitrogen and oxygen atoms in total. The maximum absolute atomic E-state index is 13.1. The van der Waals surface area contributed by atoms with Crippen molar-refractivity contribution in [2.24, 2.45) is 0 Å². The summed E-state index contributed by atoms with van der Waals surface area (Å²) in [6.07, 6.45) is 2.45. The zero-order valence-electron chi connectivity index (χ0n) is 19.8. The molecule has 0 saturated carbocycles. The summed E-state index contributed by atoms with van der Waals surface area (Å²) in [7, 11) is 0. The molecule has 3 rings (SSSR count). The van der Waals surface area contributed by atoms with Gasteiger partial charge >= 0.3 is 0 Å². The number of benzene rings is 2. The average molecular weight is 471 g/mol. The van der Waals surface area contributed by atoms with Crippen LogP contribution in [0.5, 0.6) is 0 Å². The molecule has 1 atom stereocenters. The van der Waals surface area contributed by atoms with Crippen molar-refractivity contribution in [3.05, 3.63) is 89.6 Å². The lowest BCUT2D eigenvalue weighted by Crippen LogP contribution is -2.32. The van der Waals surface area contributed by atoms with Gasteiger partial charge in [0.15, 0.2) is 0 Å². The molecule has 2 aromatic carbocycles. The summed E-state index contributed by atoms with van der Waals surface area (Å²) in [4.78, 5) is 28.4. The molecule has 0 saturated heterocycles. The van der Waals surface area contributed by atoms with E-state index < -0.39 is 0 Å². The first kappa shape index (κ1) is 25.4. The molecule has 1 heterocycles. The lowest BCUT2D eigenvalue weighted by atomic mass is 9.98. The third-order valence-electron chi connectivity index (χ3n) is 5.38. The lowest BCUT2D eigenvalue weighted by Gasteiger charge is -2.18. The molecule has 2 amide bonds. The van der Waals surface area contributed by atoms with Crippen molar-refractivity contribution >= 4 is 23.3 Å². The van der Waals surface area contributed by atoms with Crippen LogP contribution in [-0.2, 0) is 16.0 Å². The molecule has 180 valence electrons. The van der Waals surface area contributed by atoms with Crippen molar-refractivity contribution in [1.29, 1.82) is 5.26 Å². The maximum Gasteiger partial charge on any atom is 0.234 e. The van der Waals surface area contributed by atoms with Crippen LogP contribution in [0.15, 0.2) is 72.9 Å². The third kappa shape index (κ3) is 8.57. The van der Waals surface area contributed by atoms with E-state index in [9.17, 15) is 9.59 Å². The Bertz CT molecular complexity index is 1130. The number of anilines is 2. The van der Waals surface area contributed by atoms with Gasteiger partial charge in [0.05, 0.1) is 29.4 Å². The molecular weight excluding hydrogens is 440 g/mol. The third-order valence-corrected chi connectivity index (χ3v) is 5.38. The highest BCUT2D eigenvalue weighted by atomic mass is 16.2. The molecule has 0 aliphatic heterocycles. The van der Waals surface area contributed by atoms with Crippen molar-refractivity contribution in [3.63, 3.8) is 0 Å². The normalized spacial score (nSPS) is 11.2. The van der Waals surface area contributed by atoms with Crippen molar-refractivity contribution in [1.82, 2.24) is 15.6 Å². The molecule has 0 fully saturated rings. The highest BCUT2D eigenvalue weighted by molar-refractivity contribution is 5.95. The maximum atomic E-state index is 13.1. The van der Waals surface area contributed by atoms with E-state index in [2.05, 4.69) is 32.3 Å². The Morgan fingerprint density at radius 3 is 2.40 bits per heavy atom. The molecule has 3 aromatic rings. The predicted octanol–water partition coefficient (Wildman–Crippen LogP) is 3.06. The van der Waals surface area contributed by atoms with Crippen LogP contribution < -0.4 is 21.3 Å². The van der Waals surface area contributed by atoms with Gasteiger partial charge in [0.25, 0.3) is 0 Å². The summed E-state index contributed by atoms with van der Waals surface area (Å²) in [5, 5.41) is 21.1. The van der Waals surface area contributed by atoms with Gasteiger partial charge < -0.3 is 21.3 Å². The van der Waals surface area contributed by atoms with Gasteiger partial charge in [-0.05, 0) is 48.4 Å². The number of hydrogen-bond acceptors (Lipinski definition) is 6. The van der Waals surface area contributed by atoms with E-state index in [0.29, 0.717) is 37.6 Å². The molecule has 35 heavy (non-hydrogen) atoms. The number of aromatic nitrogens is 1. The van der Waals surface area contributed by atoms with Gasteiger partial charge in [-0.1, -0.05) is 42.5 Å². The van der Waals surface area contributed by atoms with E-state index in [0.717, 1.165) is 23.2 Å². The monoisotopic (exact) mass is 470 g/mol. The summed E-state index contributed by atoms with van der Waals surface area (Å²) in [6.45, 7) is 3.77. The molecule has 4 N–H and O–H groups in total. The highest BCUT2D eigenvalue weighted by Gasteiger charge is 2.20. The van der Waals surface area contributed by atoms with Gasteiger partial charge in [0.2, 0.25) is 11.8 Å². The Hall–Kier alpha value is -4.22. The fourth-order valence-corrected chi connectivity index (χ4v) is 3.50. The van der Waals surface area contributed by atoms with Crippen LogP contribution in [0.1, 0.15) is 29.5 Å². The van der Waals surface area contributed by atoms with E-state index in [1.807, 2.05) is 60.7 Å². The highest BCUT2D eigenvalue weighted by Crippen LogP contribution is 2.18. The minimum atomic E-state index is -0.380. The Labute approximate surface area is 205 Å². The average Bonchev–Trinajstić information content (AvgIpc) is 2.88. The summed E-state index contributed by atoms with van der Waals surface area (Å²) in [6, 6.07) is 22.9. The number of rotatable bonds is 12. The summed E-state index contributed by atoms with van der Waals surface area (Å²) >= 11 is 0. The Morgan fingerprint density at radius 1 is 0.971 bits per heavy atom. The summed E-state index contributed by atoms with van der Waals surface area (Å²) in [5.74, 6) is -0.115. The number of pyridine rings is 1. The quantitative estimate of drug-likeness (QED) is 0.302. The zero-order chi connectivity index (χ0) is 24.9. The van der Waals surface area contributed by atoms with Crippen molar-refractivity contribution < 1.29 is 9.59 Å². The van der Waals surface area contributed by atoms with Crippen LogP contribution in [0, 0.1) is 11.3 Å². The number of carbonyl (C=O) groups is 2. The van der Waals surface area contributed by atoms with Crippen LogP contribution in [0.2, 0.25) is 0 Å². The minimum absolute atomic E-state index is 0.0697. The second-order valence-electron chi connectivity index (χ2n) is 8.06. The topological polar surface area (TPSA) is 119 Å². The predicted molar refractivity (Wildman–Crippen MR) is 137 cm³/mol. The first-order valence-corrected chi connectivity index (χ1v) is 11.5. The van der Waals surface area contributed by atoms with Crippen LogP contribution in [0.3, 0.4) is 0 Å². The standard InChI is InChI=1S/C27H30N6O2/c1-20(34)30-15-16-31-24-11-12-26(32-18-24)33-27(35)25(23-5-3-2-4-6-23)19-29-14-13-21-7-9-22(17-28)10-8-21/h2-12,18,25,29,31H,13-16,19H2,1H3,(H,30,34)(H,32,33,35). The number of amides is 2. The van der Waals surface area contributed by atoms with E-state index in [-0.39, 0.29) is 17.7 Å². The van der Waals surface area contributed by atoms with Crippen LogP contribution >= 0.6 is 0 Å². The Balaban J connectivity index is 1.54. The SMILES string of the molecule is CC(=O)NCCNc1ccc(NC(=O)C(CNCCc2ccc(C#N)cc2)c2ccccc2)nc1. The molecule has 0 aliphatic carbocycles. The fourth-order valence-electron chi connectivity index (χ4n) is 3.50. The molecular formula is C27H30N6O2. The molecule has 8 heteroatoms. The first-order valence-electron chi connectivity index (χ1n) is 11.5. The van der Waals surface area contributed by atoms with Gasteiger partial charge in [0, 0.05) is 26.6 Å². The minimum Gasteiger partial charge on any atom is -0.382 e. The Kier molecular flexibility index (Phi) is 9.78. The van der Waals surface area contributed by atoms with Crippen LogP contribution in [0.4, 0.5) is 11.5 Å². The molecule has 1 aromatic heterocycles. The lowest BCUT2D eigenvalue weighted by molar-refractivity contribution is -0.119. The number of nitriles is 1. The number of nitrogens with zero attached hydrogens (tertiary/aromatic N) is 2. The van der Waals surface area contributed by atoms with Gasteiger partial charge in [0.1, 0.15) is 5.82 Å². The number of nitrogens with one attached hydrogen (secondary N) is 4. The van der Waals surface area contributed by atoms with E-state index in [1.54, 1.807) is 12.3 Å². The molecule has 0 bridgehead atoms. The smallest absolute Gasteiger partial charge is 0.234 e. The van der Waals surface area contributed by atoms with Crippen molar-refractivity contribution in [2.45, 2.75) is 19.3 Å². The van der Waals surface area contributed by atoms with Crippen molar-refractivity contribution in [3.8, 4) is 6.07 Å².